The molecule has 134 valence electrons. The van der Waals surface area contributed by atoms with Crippen LogP contribution in [-0.4, -0.2) is 12.0 Å². The predicted octanol–water partition coefficient (Wildman–Crippen LogP) is 5.17. The number of anilines is 1. The molecule has 27 heavy (non-hydrogen) atoms. The second-order valence-corrected chi connectivity index (χ2v) is 6.36. The molecule has 0 aliphatic rings. The Morgan fingerprint density at radius 1 is 1.04 bits per heavy atom. The summed E-state index contributed by atoms with van der Waals surface area (Å²) in [5.41, 5.74) is 1.38. The van der Waals surface area contributed by atoms with Gasteiger partial charge in [-0.3, -0.25) is 4.79 Å². The summed E-state index contributed by atoms with van der Waals surface area (Å²) < 4.78 is 5.76. The number of fused-ring (bicyclic) bond motifs is 1. The van der Waals surface area contributed by atoms with E-state index in [2.05, 4.69) is 5.32 Å². The van der Waals surface area contributed by atoms with E-state index in [0.717, 1.165) is 10.8 Å². The highest BCUT2D eigenvalue weighted by molar-refractivity contribution is 6.13. The molecule has 0 atom stereocenters. The van der Waals surface area contributed by atoms with E-state index in [-0.39, 0.29) is 11.7 Å². The zero-order chi connectivity index (χ0) is 19.2. The maximum Gasteiger partial charge on any atom is 0.266 e. The fourth-order valence-corrected chi connectivity index (χ4v) is 2.79. The number of rotatable bonds is 5. The lowest BCUT2D eigenvalue weighted by Crippen LogP contribution is -2.14. The minimum Gasteiger partial charge on any atom is -0.490 e. The number of amides is 1. The van der Waals surface area contributed by atoms with Gasteiger partial charge in [0.05, 0.1) is 6.10 Å². The molecule has 0 fully saturated rings. The van der Waals surface area contributed by atoms with E-state index in [9.17, 15) is 10.1 Å². The van der Waals surface area contributed by atoms with E-state index in [1.807, 2.05) is 86.6 Å². The van der Waals surface area contributed by atoms with Crippen molar-refractivity contribution >= 4 is 28.4 Å². The molecule has 0 aliphatic heterocycles. The van der Waals surface area contributed by atoms with Gasteiger partial charge in [-0.25, -0.2) is 0 Å². The molecular formula is C23H20N2O2. The molecule has 1 N–H and O–H groups in total. The van der Waals surface area contributed by atoms with Crippen molar-refractivity contribution in [2.24, 2.45) is 0 Å². The molecule has 3 rings (SSSR count). The maximum absolute atomic E-state index is 12.7. The van der Waals surface area contributed by atoms with Gasteiger partial charge in [0, 0.05) is 16.6 Å². The Balaban J connectivity index is 1.91. The van der Waals surface area contributed by atoms with Crippen molar-refractivity contribution in [1.82, 2.24) is 0 Å². The fraction of sp³-hybridized carbons (Fsp3) is 0.130. The van der Waals surface area contributed by atoms with Crippen molar-refractivity contribution in [3.63, 3.8) is 0 Å². The van der Waals surface area contributed by atoms with Gasteiger partial charge in [0.2, 0.25) is 0 Å². The van der Waals surface area contributed by atoms with Crippen LogP contribution in [0.4, 0.5) is 5.69 Å². The van der Waals surface area contributed by atoms with Crippen LogP contribution in [0.3, 0.4) is 0 Å². The number of nitrogens with one attached hydrogen (secondary N) is 1. The van der Waals surface area contributed by atoms with Gasteiger partial charge in [-0.2, -0.15) is 5.26 Å². The molecule has 4 heteroatoms. The van der Waals surface area contributed by atoms with Crippen molar-refractivity contribution in [3.05, 3.63) is 77.9 Å². The standard InChI is InChI=1S/C23H20N2O2/c1-16(2)27-22-13-6-4-9-18(22)14-19(15-24)23(26)25-21-12-7-10-17-8-3-5-11-20(17)21/h3-14,16H,1-2H3,(H,25,26). The van der Waals surface area contributed by atoms with Gasteiger partial charge in [-0.05, 0) is 37.4 Å². The van der Waals surface area contributed by atoms with Crippen molar-refractivity contribution in [1.29, 1.82) is 5.26 Å². The summed E-state index contributed by atoms with van der Waals surface area (Å²) in [4.78, 5) is 12.7. The lowest BCUT2D eigenvalue weighted by Gasteiger charge is -2.12. The molecule has 0 unspecified atom stereocenters. The minimum atomic E-state index is -0.451. The predicted molar refractivity (Wildman–Crippen MR) is 108 cm³/mol. The van der Waals surface area contributed by atoms with Crippen LogP contribution in [0.2, 0.25) is 0 Å². The van der Waals surface area contributed by atoms with Gasteiger partial charge in [0.1, 0.15) is 17.4 Å². The van der Waals surface area contributed by atoms with Crippen LogP contribution >= 0.6 is 0 Å². The fourth-order valence-electron chi connectivity index (χ4n) is 2.79. The third kappa shape index (κ3) is 4.34. The highest BCUT2D eigenvalue weighted by Crippen LogP contribution is 2.25. The first-order valence-electron chi connectivity index (χ1n) is 8.75. The Morgan fingerprint density at radius 3 is 2.52 bits per heavy atom. The number of nitrogens with zero attached hydrogens (tertiary/aromatic N) is 1. The topological polar surface area (TPSA) is 62.1 Å². The van der Waals surface area contributed by atoms with Crippen LogP contribution < -0.4 is 10.1 Å². The molecule has 0 spiro atoms. The molecule has 3 aromatic rings. The Hall–Kier alpha value is -3.58. The van der Waals surface area contributed by atoms with E-state index >= 15 is 0 Å². The third-order valence-corrected chi connectivity index (χ3v) is 3.98. The van der Waals surface area contributed by atoms with Gasteiger partial charge in [-0.15, -0.1) is 0 Å². The monoisotopic (exact) mass is 356 g/mol. The van der Waals surface area contributed by atoms with Crippen LogP contribution in [-0.2, 0) is 4.79 Å². The van der Waals surface area contributed by atoms with Gasteiger partial charge < -0.3 is 10.1 Å². The smallest absolute Gasteiger partial charge is 0.266 e. The molecule has 1 amide bonds. The number of para-hydroxylation sites is 1. The third-order valence-electron chi connectivity index (χ3n) is 3.98. The molecule has 0 saturated heterocycles. The first-order chi connectivity index (χ1) is 13.1. The summed E-state index contributed by atoms with van der Waals surface area (Å²) in [5, 5.41) is 14.3. The van der Waals surface area contributed by atoms with Gasteiger partial charge >= 0.3 is 0 Å². The van der Waals surface area contributed by atoms with Crippen LogP contribution in [0.1, 0.15) is 19.4 Å². The van der Waals surface area contributed by atoms with Crippen LogP contribution in [0.25, 0.3) is 16.8 Å². The highest BCUT2D eigenvalue weighted by atomic mass is 16.5. The number of nitriles is 1. The Kier molecular flexibility index (Phi) is 5.53. The second kappa shape index (κ2) is 8.20. The highest BCUT2D eigenvalue weighted by Gasteiger charge is 2.13. The van der Waals surface area contributed by atoms with Gasteiger partial charge in [0.15, 0.2) is 0 Å². The molecular weight excluding hydrogens is 336 g/mol. The zero-order valence-corrected chi connectivity index (χ0v) is 15.3. The number of carbonyl (C=O) groups excluding carboxylic acids is 1. The first kappa shape index (κ1) is 18.2. The lowest BCUT2D eigenvalue weighted by molar-refractivity contribution is -0.112. The molecule has 0 bridgehead atoms. The van der Waals surface area contributed by atoms with E-state index in [4.69, 9.17) is 4.74 Å². The maximum atomic E-state index is 12.7. The summed E-state index contributed by atoms with van der Waals surface area (Å²) in [7, 11) is 0. The Labute approximate surface area is 158 Å². The average Bonchev–Trinajstić information content (AvgIpc) is 2.67. The van der Waals surface area contributed by atoms with Crippen molar-refractivity contribution in [2.45, 2.75) is 20.0 Å². The lowest BCUT2D eigenvalue weighted by atomic mass is 10.1. The summed E-state index contributed by atoms with van der Waals surface area (Å²) in [6.07, 6.45) is 1.55. The number of hydrogen-bond donors (Lipinski definition) is 1. The normalized spacial score (nSPS) is 11.3. The van der Waals surface area contributed by atoms with Crippen LogP contribution in [0.5, 0.6) is 5.75 Å². The summed E-state index contributed by atoms with van der Waals surface area (Å²) in [6, 6.07) is 22.8. The van der Waals surface area contributed by atoms with Crippen molar-refractivity contribution in [3.8, 4) is 11.8 Å². The average molecular weight is 356 g/mol. The summed E-state index contributed by atoms with van der Waals surface area (Å²) in [5.74, 6) is 0.186. The molecule has 0 aromatic heterocycles. The van der Waals surface area contributed by atoms with Crippen LogP contribution in [0.15, 0.2) is 72.3 Å². The summed E-state index contributed by atoms with van der Waals surface area (Å²) in [6.45, 7) is 3.86. The molecule has 0 aliphatic carbocycles. The van der Waals surface area contributed by atoms with Crippen molar-refractivity contribution < 1.29 is 9.53 Å². The molecule has 3 aromatic carbocycles. The number of carbonyl (C=O) groups is 1. The SMILES string of the molecule is CC(C)Oc1ccccc1C=C(C#N)C(=O)Nc1cccc2ccccc12. The minimum absolute atomic E-state index is 0.00500. The Bertz CT molecular complexity index is 1040. The van der Waals surface area contributed by atoms with E-state index in [1.165, 1.54) is 0 Å². The van der Waals surface area contributed by atoms with E-state index in [1.54, 1.807) is 6.08 Å². The van der Waals surface area contributed by atoms with Crippen molar-refractivity contribution in [2.75, 3.05) is 5.32 Å². The Morgan fingerprint density at radius 2 is 1.74 bits per heavy atom. The summed E-state index contributed by atoms with van der Waals surface area (Å²) >= 11 is 0. The van der Waals surface area contributed by atoms with Gasteiger partial charge in [0.25, 0.3) is 5.91 Å². The number of hydrogen-bond acceptors (Lipinski definition) is 3. The zero-order valence-electron chi connectivity index (χ0n) is 15.3. The second-order valence-electron chi connectivity index (χ2n) is 6.36. The number of ether oxygens (including phenoxy) is 1. The quantitative estimate of drug-likeness (QED) is 0.506. The largest absolute Gasteiger partial charge is 0.490 e. The first-order valence-corrected chi connectivity index (χ1v) is 8.75. The molecule has 0 radical (unpaired) electrons. The number of benzene rings is 3. The molecule has 0 saturated carbocycles. The molecule has 4 nitrogen and oxygen atoms in total. The van der Waals surface area contributed by atoms with E-state index in [0.29, 0.717) is 17.0 Å². The van der Waals surface area contributed by atoms with Crippen LogP contribution in [0, 0.1) is 11.3 Å². The molecule has 0 heterocycles. The van der Waals surface area contributed by atoms with E-state index < -0.39 is 5.91 Å². The van der Waals surface area contributed by atoms with Gasteiger partial charge in [-0.1, -0.05) is 54.6 Å².